The van der Waals surface area contributed by atoms with Crippen LogP contribution >= 0.6 is 0 Å². The van der Waals surface area contributed by atoms with Crippen LogP contribution in [0.2, 0.25) is 0 Å². The Balaban J connectivity index is 3.08. The normalized spacial score (nSPS) is 10.0. The third-order valence-electron chi connectivity index (χ3n) is 2.35. The molecule has 1 aromatic carbocycles. The third kappa shape index (κ3) is 3.25. The molecule has 0 saturated heterocycles. The van der Waals surface area contributed by atoms with Crippen molar-refractivity contribution in [1.82, 2.24) is 0 Å². The molecular weight excluding hydrogens is 224 g/mol. The first kappa shape index (κ1) is 13.1. The number of carbonyl (C=O) groups is 1. The summed E-state index contributed by atoms with van der Waals surface area (Å²) in [7, 11) is 1.23. The lowest BCUT2D eigenvalue weighted by molar-refractivity contribution is -0.385. The largest absolute Gasteiger partial charge is 0.465 e. The highest BCUT2D eigenvalue weighted by atomic mass is 16.6. The molecule has 17 heavy (non-hydrogen) atoms. The zero-order valence-corrected chi connectivity index (χ0v) is 9.51. The van der Waals surface area contributed by atoms with E-state index in [1.54, 1.807) is 6.07 Å². The van der Waals surface area contributed by atoms with E-state index in [1.165, 1.54) is 19.2 Å². The maximum absolute atomic E-state index is 11.2. The van der Waals surface area contributed by atoms with Gasteiger partial charge in [0.25, 0.3) is 5.69 Å². The molecule has 0 bridgehead atoms. The van der Waals surface area contributed by atoms with E-state index in [0.717, 1.165) is 0 Å². The van der Waals surface area contributed by atoms with Crippen LogP contribution < -0.4 is 5.73 Å². The van der Waals surface area contributed by atoms with Gasteiger partial charge >= 0.3 is 5.97 Å². The van der Waals surface area contributed by atoms with Crippen molar-refractivity contribution in [2.24, 2.45) is 5.73 Å². The highest BCUT2D eigenvalue weighted by Gasteiger charge is 2.17. The van der Waals surface area contributed by atoms with Crippen LogP contribution in [0, 0.1) is 10.1 Å². The van der Waals surface area contributed by atoms with E-state index >= 15 is 0 Å². The summed E-state index contributed by atoms with van der Waals surface area (Å²) in [6.07, 6.45) is 1.19. The Morgan fingerprint density at radius 3 is 2.76 bits per heavy atom. The predicted octanol–water partition coefficient (Wildman–Crippen LogP) is 1.27. The lowest BCUT2D eigenvalue weighted by Crippen LogP contribution is -2.05. The molecule has 0 radical (unpaired) electrons. The second-order valence-corrected chi connectivity index (χ2v) is 3.48. The first-order valence-corrected chi connectivity index (χ1v) is 5.16. The number of rotatable bonds is 5. The van der Waals surface area contributed by atoms with Crippen LogP contribution in [0.3, 0.4) is 0 Å². The Morgan fingerprint density at radius 1 is 1.53 bits per heavy atom. The average Bonchev–Trinajstić information content (AvgIpc) is 2.35. The molecule has 0 aliphatic rings. The van der Waals surface area contributed by atoms with E-state index in [4.69, 9.17) is 5.73 Å². The van der Waals surface area contributed by atoms with Gasteiger partial charge in [0.1, 0.15) is 0 Å². The number of nitro groups is 1. The fourth-order valence-corrected chi connectivity index (χ4v) is 1.48. The Morgan fingerprint density at radius 2 is 2.24 bits per heavy atom. The second kappa shape index (κ2) is 5.95. The minimum absolute atomic E-state index is 0.0682. The fraction of sp³-hybridized carbons (Fsp3) is 0.364. The zero-order chi connectivity index (χ0) is 12.8. The van der Waals surface area contributed by atoms with E-state index in [0.29, 0.717) is 24.9 Å². The first-order chi connectivity index (χ1) is 8.10. The molecule has 92 valence electrons. The third-order valence-corrected chi connectivity index (χ3v) is 2.35. The summed E-state index contributed by atoms with van der Waals surface area (Å²) in [5, 5.41) is 10.9. The van der Waals surface area contributed by atoms with E-state index in [9.17, 15) is 14.9 Å². The van der Waals surface area contributed by atoms with Crippen LogP contribution in [0.4, 0.5) is 5.69 Å². The van der Waals surface area contributed by atoms with Gasteiger partial charge in [-0.25, -0.2) is 4.79 Å². The van der Waals surface area contributed by atoms with Crippen LogP contribution in [-0.4, -0.2) is 24.5 Å². The fourth-order valence-electron chi connectivity index (χ4n) is 1.48. The number of hydrogen-bond acceptors (Lipinski definition) is 5. The summed E-state index contributed by atoms with van der Waals surface area (Å²) in [6, 6.07) is 4.32. The number of carbonyl (C=O) groups excluding carboxylic acids is 1. The van der Waals surface area contributed by atoms with Gasteiger partial charge in [-0.2, -0.15) is 0 Å². The SMILES string of the molecule is COC(=O)c1ccc(CCCN)c([N+](=O)[O-])c1. The van der Waals surface area contributed by atoms with Gasteiger partial charge in [0.15, 0.2) is 0 Å². The minimum Gasteiger partial charge on any atom is -0.465 e. The molecule has 1 rings (SSSR count). The van der Waals surface area contributed by atoms with Crippen LogP contribution in [0.25, 0.3) is 0 Å². The summed E-state index contributed by atoms with van der Waals surface area (Å²) >= 11 is 0. The number of aryl methyl sites for hydroxylation is 1. The van der Waals surface area contributed by atoms with Gasteiger partial charge in [0.2, 0.25) is 0 Å². The molecule has 0 saturated carbocycles. The van der Waals surface area contributed by atoms with Crippen LogP contribution in [-0.2, 0) is 11.2 Å². The quantitative estimate of drug-likeness (QED) is 0.473. The van der Waals surface area contributed by atoms with Gasteiger partial charge in [0.05, 0.1) is 17.6 Å². The molecule has 6 nitrogen and oxygen atoms in total. The van der Waals surface area contributed by atoms with Gasteiger partial charge in [-0.15, -0.1) is 0 Å². The number of nitro benzene ring substituents is 1. The van der Waals surface area contributed by atoms with Crippen molar-refractivity contribution in [3.05, 3.63) is 39.4 Å². The Labute approximate surface area is 98.5 Å². The molecule has 0 unspecified atom stereocenters. The zero-order valence-electron chi connectivity index (χ0n) is 9.51. The summed E-state index contributed by atoms with van der Waals surface area (Å²) in [4.78, 5) is 21.6. The van der Waals surface area contributed by atoms with Crippen molar-refractivity contribution in [2.45, 2.75) is 12.8 Å². The topological polar surface area (TPSA) is 95.5 Å². The Kier molecular flexibility index (Phi) is 4.59. The number of ether oxygens (including phenoxy) is 1. The van der Waals surface area contributed by atoms with Crippen molar-refractivity contribution < 1.29 is 14.5 Å². The van der Waals surface area contributed by atoms with Gasteiger partial charge < -0.3 is 10.5 Å². The van der Waals surface area contributed by atoms with E-state index in [2.05, 4.69) is 4.74 Å². The van der Waals surface area contributed by atoms with E-state index < -0.39 is 10.9 Å². The van der Waals surface area contributed by atoms with Gasteiger partial charge in [-0.3, -0.25) is 10.1 Å². The molecule has 0 fully saturated rings. The van der Waals surface area contributed by atoms with E-state index in [1.807, 2.05) is 0 Å². The van der Waals surface area contributed by atoms with E-state index in [-0.39, 0.29) is 11.3 Å². The van der Waals surface area contributed by atoms with Gasteiger partial charge in [0, 0.05) is 11.6 Å². The molecule has 0 aliphatic carbocycles. The smallest absolute Gasteiger partial charge is 0.338 e. The molecular formula is C11H14N2O4. The standard InChI is InChI=1S/C11H14N2O4/c1-17-11(14)9-5-4-8(3-2-6-12)10(7-9)13(15)16/h4-5,7H,2-3,6,12H2,1H3. The van der Waals surface area contributed by atoms with Crippen molar-refractivity contribution in [1.29, 1.82) is 0 Å². The summed E-state index contributed by atoms with van der Waals surface area (Å²) in [5.74, 6) is -0.585. The molecule has 6 heteroatoms. The highest BCUT2D eigenvalue weighted by molar-refractivity contribution is 5.90. The Hall–Kier alpha value is -1.95. The first-order valence-electron chi connectivity index (χ1n) is 5.16. The van der Waals surface area contributed by atoms with Crippen LogP contribution in [0.5, 0.6) is 0 Å². The van der Waals surface area contributed by atoms with Crippen molar-refractivity contribution in [3.63, 3.8) is 0 Å². The van der Waals surface area contributed by atoms with Gasteiger partial charge in [-0.1, -0.05) is 6.07 Å². The lowest BCUT2D eigenvalue weighted by Gasteiger charge is -2.04. The second-order valence-electron chi connectivity index (χ2n) is 3.48. The number of esters is 1. The van der Waals surface area contributed by atoms with Gasteiger partial charge in [-0.05, 0) is 25.5 Å². The maximum atomic E-state index is 11.2. The number of benzene rings is 1. The number of methoxy groups -OCH3 is 1. The van der Waals surface area contributed by atoms with Crippen molar-refractivity contribution in [3.8, 4) is 0 Å². The average molecular weight is 238 g/mol. The lowest BCUT2D eigenvalue weighted by atomic mass is 10.0. The molecule has 0 aliphatic heterocycles. The molecule has 0 heterocycles. The molecule has 0 aromatic heterocycles. The Bertz CT molecular complexity index is 431. The summed E-state index contributed by atoms with van der Waals surface area (Å²) in [5.41, 5.74) is 6.04. The highest BCUT2D eigenvalue weighted by Crippen LogP contribution is 2.22. The number of nitrogens with zero attached hydrogens (tertiary/aromatic N) is 1. The number of hydrogen-bond donors (Lipinski definition) is 1. The van der Waals surface area contributed by atoms with Crippen molar-refractivity contribution in [2.75, 3.05) is 13.7 Å². The van der Waals surface area contributed by atoms with Crippen molar-refractivity contribution >= 4 is 11.7 Å². The maximum Gasteiger partial charge on any atom is 0.338 e. The molecule has 0 amide bonds. The summed E-state index contributed by atoms with van der Waals surface area (Å²) < 4.78 is 4.51. The van der Waals surface area contributed by atoms with Crippen LogP contribution in [0.15, 0.2) is 18.2 Å². The molecule has 2 N–H and O–H groups in total. The number of nitrogens with two attached hydrogens (primary N) is 1. The predicted molar refractivity (Wildman–Crippen MR) is 61.8 cm³/mol. The summed E-state index contributed by atoms with van der Waals surface area (Å²) in [6.45, 7) is 0.468. The molecule has 1 aromatic rings. The monoisotopic (exact) mass is 238 g/mol. The van der Waals surface area contributed by atoms with Crippen LogP contribution in [0.1, 0.15) is 22.3 Å². The molecule has 0 atom stereocenters. The molecule has 0 spiro atoms. The minimum atomic E-state index is -0.585.